The first-order valence-electron chi connectivity index (χ1n) is 9.93. The van der Waals surface area contributed by atoms with E-state index in [-0.39, 0.29) is 11.9 Å². The van der Waals surface area contributed by atoms with Crippen LogP contribution in [0.2, 0.25) is 10.0 Å². The molecule has 0 bridgehead atoms. The van der Waals surface area contributed by atoms with Crippen molar-refractivity contribution in [1.29, 1.82) is 0 Å². The number of piperazine rings is 1. The second-order valence-corrected chi connectivity index (χ2v) is 8.66. The van der Waals surface area contributed by atoms with Crippen molar-refractivity contribution in [2.24, 2.45) is 0 Å². The van der Waals surface area contributed by atoms with E-state index in [2.05, 4.69) is 21.9 Å². The molecular weight excluding hydrogens is 409 g/mol. The molecule has 2 atom stereocenters. The zero-order valence-electron chi connectivity index (χ0n) is 16.2. The maximum atomic E-state index is 12.7. The summed E-state index contributed by atoms with van der Waals surface area (Å²) >= 11 is 11.9. The van der Waals surface area contributed by atoms with Crippen LogP contribution in [0.25, 0.3) is 0 Å². The number of aliphatic hydroxyl groups excluding tert-OH is 1. The molecule has 1 N–H and O–H groups in total. The fourth-order valence-corrected chi connectivity index (χ4v) is 4.42. The minimum Gasteiger partial charge on any atom is -0.390 e. The molecule has 2 aromatic carbocycles. The molecule has 7 heteroatoms. The van der Waals surface area contributed by atoms with Gasteiger partial charge in [-0.15, -0.1) is 0 Å². The van der Waals surface area contributed by atoms with E-state index in [1.54, 1.807) is 29.2 Å². The van der Waals surface area contributed by atoms with Gasteiger partial charge in [0.05, 0.1) is 12.1 Å². The summed E-state index contributed by atoms with van der Waals surface area (Å²) < 4.78 is 0. The summed E-state index contributed by atoms with van der Waals surface area (Å²) in [5.41, 5.74) is 1.86. The average Bonchev–Trinajstić information content (AvgIpc) is 3.12. The lowest BCUT2D eigenvalue weighted by Crippen LogP contribution is -2.53. The van der Waals surface area contributed by atoms with Gasteiger partial charge in [-0.1, -0.05) is 35.3 Å². The number of carbonyl (C=O) groups excluding carboxylic acids is 1. The van der Waals surface area contributed by atoms with Crippen molar-refractivity contribution < 1.29 is 9.90 Å². The third-order valence-corrected chi connectivity index (χ3v) is 6.34. The minimum absolute atomic E-state index is 0.0102. The van der Waals surface area contributed by atoms with E-state index in [0.29, 0.717) is 23.7 Å². The minimum atomic E-state index is -0.519. The number of amides is 1. The van der Waals surface area contributed by atoms with Crippen LogP contribution in [0.3, 0.4) is 0 Å². The number of likely N-dealkylation sites (tertiary alicyclic amines) is 1. The Morgan fingerprint density at radius 1 is 0.897 bits per heavy atom. The van der Waals surface area contributed by atoms with Gasteiger partial charge in [-0.05, 0) is 42.0 Å². The van der Waals surface area contributed by atoms with Gasteiger partial charge < -0.3 is 10.0 Å². The number of rotatable bonds is 4. The number of hydrogen-bond donors (Lipinski definition) is 1. The highest BCUT2D eigenvalue weighted by atomic mass is 35.5. The summed E-state index contributed by atoms with van der Waals surface area (Å²) in [7, 11) is 0. The number of carbonyl (C=O) groups is 1. The van der Waals surface area contributed by atoms with Gasteiger partial charge in [0.15, 0.2) is 0 Å². The maximum Gasteiger partial charge on any atom is 0.253 e. The Balaban J connectivity index is 1.31. The van der Waals surface area contributed by atoms with E-state index >= 15 is 0 Å². The molecule has 2 aliphatic rings. The van der Waals surface area contributed by atoms with Crippen LogP contribution >= 0.6 is 23.2 Å². The summed E-state index contributed by atoms with van der Waals surface area (Å²) in [6.07, 6.45) is -0.519. The molecule has 0 spiro atoms. The predicted octanol–water partition coefficient (Wildman–Crippen LogP) is 3.00. The number of β-amino-alcohol motifs (C(OH)–C–C–N with tert-alkyl or cyclic N) is 1. The number of nitrogens with zero attached hydrogens (tertiary/aromatic N) is 3. The van der Waals surface area contributed by atoms with Gasteiger partial charge in [0.2, 0.25) is 0 Å². The molecule has 29 heavy (non-hydrogen) atoms. The molecule has 5 nitrogen and oxygen atoms in total. The molecule has 154 valence electrons. The second kappa shape index (κ2) is 9.02. The van der Waals surface area contributed by atoms with Gasteiger partial charge in [-0.25, -0.2) is 0 Å². The Hall–Kier alpha value is -1.63. The molecule has 0 aliphatic carbocycles. The Morgan fingerprint density at radius 2 is 1.48 bits per heavy atom. The Bertz CT molecular complexity index is 836. The van der Waals surface area contributed by atoms with E-state index in [9.17, 15) is 9.90 Å². The summed E-state index contributed by atoms with van der Waals surface area (Å²) in [4.78, 5) is 19.2. The quantitative estimate of drug-likeness (QED) is 0.804. The van der Waals surface area contributed by atoms with Crippen LogP contribution in [0.1, 0.15) is 15.9 Å². The van der Waals surface area contributed by atoms with Crippen molar-refractivity contribution >= 4 is 29.1 Å². The van der Waals surface area contributed by atoms with Crippen molar-refractivity contribution in [2.45, 2.75) is 18.7 Å². The van der Waals surface area contributed by atoms with Crippen LogP contribution in [-0.4, -0.2) is 77.1 Å². The third-order valence-electron chi connectivity index (χ3n) is 5.83. The van der Waals surface area contributed by atoms with Crippen LogP contribution in [-0.2, 0) is 6.54 Å². The molecule has 2 saturated heterocycles. The van der Waals surface area contributed by atoms with E-state index in [4.69, 9.17) is 23.2 Å². The fraction of sp³-hybridized carbons (Fsp3) is 0.409. The van der Waals surface area contributed by atoms with Crippen LogP contribution in [0.15, 0.2) is 48.5 Å². The number of halogens is 2. The van der Waals surface area contributed by atoms with Crippen LogP contribution in [0.4, 0.5) is 0 Å². The lowest BCUT2D eigenvalue weighted by Gasteiger charge is -2.38. The van der Waals surface area contributed by atoms with Gasteiger partial charge in [-0.3, -0.25) is 14.6 Å². The first-order valence-corrected chi connectivity index (χ1v) is 10.7. The van der Waals surface area contributed by atoms with Gasteiger partial charge in [-0.2, -0.15) is 0 Å². The SMILES string of the molecule is O=C(c1ccc(Cl)cc1)N1C[C@@H](O)[C@H](N2CCN(Cc3ccc(Cl)cc3)CC2)C1. The van der Waals surface area contributed by atoms with Gasteiger partial charge in [0.25, 0.3) is 5.91 Å². The first kappa shape index (κ1) is 20.6. The summed E-state index contributed by atoms with van der Waals surface area (Å²) in [6, 6.07) is 14.9. The van der Waals surface area contributed by atoms with Crippen LogP contribution in [0, 0.1) is 0 Å². The summed E-state index contributed by atoms with van der Waals surface area (Å²) in [6.45, 7) is 5.49. The third kappa shape index (κ3) is 4.93. The molecule has 1 amide bonds. The van der Waals surface area contributed by atoms with Crippen molar-refractivity contribution in [2.75, 3.05) is 39.3 Å². The van der Waals surface area contributed by atoms with Gasteiger partial charge in [0, 0.05) is 61.4 Å². The molecule has 2 heterocycles. The number of benzene rings is 2. The van der Waals surface area contributed by atoms with E-state index in [1.807, 2.05) is 12.1 Å². The molecule has 0 unspecified atom stereocenters. The monoisotopic (exact) mass is 433 g/mol. The Morgan fingerprint density at radius 3 is 2.10 bits per heavy atom. The highest BCUT2D eigenvalue weighted by molar-refractivity contribution is 6.30. The first-order chi connectivity index (χ1) is 14.0. The average molecular weight is 434 g/mol. The van der Waals surface area contributed by atoms with Crippen LogP contribution < -0.4 is 0 Å². The summed E-state index contributed by atoms with van der Waals surface area (Å²) in [5, 5.41) is 12.0. The zero-order chi connectivity index (χ0) is 20.4. The molecule has 0 aromatic heterocycles. The molecule has 2 fully saturated rings. The predicted molar refractivity (Wildman–Crippen MR) is 115 cm³/mol. The van der Waals surface area contributed by atoms with Gasteiger partial charge >= 0.3 is 0 Å². The number of hydrogen-bond acceptors (Lipinski definition) is 4. The van der Waals surface area contributed by atoms with Gasteiger partial charge in [0.1, 0.15) is 0 Å². The largest absolute Gasteiger partial charge is 0.390 e. The smallest absolute Gasteiger partial charge is 0.253 e. The van der Waals surface area contributed by atoms with Crippen molar-refractivity contribution in [3.05, 3.63) is 69.7 Å². The summed E-state index contributed by atoms with van der Waals surface area (Å²) in [5.74, 6) is -0.0513. The Labute approximate surface area is 181 Å². The Kier molecular flexibility index (Phi) is 6.42. The van der Waals surface area contributed by atoms with E-state index < -0.39 is 6.10 Å². The standard InChI is InChI=1S/C22H25Cl2N3O2/c23-18-5-1-16(2-6-18)13-25-9-11-26(12-10-25)20-14-27(15-21(20)28)22(29)17-3-7-19(24)8-4-17/h1-8,20-21,28H,9-15H2/t20-,21-/m1/s1. The van der Waals surface area contributed by atoms with Crippen molar-refractivity contribution in [3.8, 4) is 0 Å². The van der Waals surface area contributed by atoms with Crippen molar-refractivity contribution in [3.63, 3.8) is 0 Å². The molecule has 2 aromatic rings. The topological polar surface area (TPSA) is 47.0 Å². The fourth-order valence-electron chi connectivity index (χ4n) is 4.17. The highest BCUT2D eigenvalue weighted by Crippen LogP contribution is 2.22. The van der Waals surface area contributed by atoms with E-state index in [0.717, 1.165) is 37.7 Å². The molecular formula is C22H25Cl2N3O2. The lowest BCUT2D eigenvalue weighted by atomic mass is 10.1. The van der Waals surface area contributed by atoms with E-state index in [1.165, 1.54) is 5.56 Å². The maximum absolute atomic E-state index is 12.7. The lowest BCUT2D eigenvalue weighted by molar-refractivity contribution is 0.0423. The highest BCUT2D eigenvalue weighted by Gasteiger charge is 2.38. The molecule has 0 radical (unpaired) electrons. The zero-order valence-corrected chi connectivity index (χ0v) is 17.7. The van der Waals surface area contributed by atoms with Crippen LogP contribution in [0.5, 0.6) is 0 Å². The second-order valence-electron chi connectivity index (χ2n) is 7.79. The molecule has 0 saturated carbocycles. The number of aliphatic hydroxyl groups is 1. The van der Waals surface area contributed by atoms with Crippen molar-refractivity contribution in [1.82, 2.24) is 14.7 Å². The molecule has 2 aliphatic heterocycles. The molecule has 4 rings (SSSR count). The normalized spacial score (nSPS) is 23.5.